The minimum absolute atomic E-state index is 1.22. The van der Waals surface area contributed by atoms with Gasteiger partial charge in [-0.15, -0.1) is 0 Å². The van der Waals surface area contributed by atoms with Gasteiger partial charge in [0.15, 0.2) is 12.4 Å². The second kappa shape index (κ2) is 9.39. The number of aromatic nitrogens is 1. The van der Waals surface area contributed by atoms with E-state index in [2.05, 4.69) is 9.88 Å². The molecule has 0 spiro atoms. The summed E-state index contributed by atoms with van der Waals surface area (Å²) < 4.78 is 222. The van der Waals surface area contributed by atoms with Gasteiger partial charge in [-0.1, -0.05) is 0 Å². The van der Waals surface area contributed by atoms with Gasteiger partial charge in [0.25, 0.3) is 0 Å². The second-order valence-corrected chi connectivity index (χ2v) is 11.7. The van der Waals surface area contributed by atoms with Gasteiger partial charge in [-0.05, 0) is 0 Å². The monoisotopic (exact) mass is 610 g/mol. The Balaban J connectivity index is 0.00000120. The van der Waals surface area contributed by atoms with Crippen LogP contribution in [0.15, 0.2) is 24.5 Å². The van der Waals surface area contributed by atoms with Crippen LogP contribution in [0.5, 0.6) is 0 Å². The number of hydrogen-bond donors (Lipinski definition) is 1. The number of hydrogen-bond acceptors (Lipinski definition) is 3. The number of halogens is 17. The van der Waals surface area contributed by atoms with Crippen molar-refractivity contribution in [2.45, 2.75) is 35.5 Å². The van der Waals surface area contributed by atoms with Crippen LogP contribution in [0, 0.1) is 0 Å². The molecule has 0 aromatic carbocycles. The zero-order valence-corrected chi connectivity index (χ0v) is 18.8. The van der Waals surface area contributed by atoms with Crippen molar-refractivity contribution < 1.29 is 88.9 Å². The SMILES string of the molecule is CN(C)c1cc[nH+]cc1.OCCO[P-](F)(F)(C(F)(F)C(F)(F)F)(C(F)(F)C(F)(F)F)C(F)(F)C(F)(F)F. The summed E-state index contributed by atoms with van der Waals surface area (Å²) in [7, 11) is 4.05. The molecule has 0 aliphatic heterocycles. The van der Waals surface area contributed by atoms with Gasteiger partial charge in [0, 0.05) is 31.9 Å². The van der Waals surface area contributed by atoms with Crippen LogP contribution in [-0.2, 0) is 4.52 Å². The Hall–Kier alpha value is -1.89. The van der Waals surface area contributed by atoms with Crippen molar-refractivity contribution in [3.05, 3.63) is 24.5 Å². The number of alkyl halides is 15. The van der Waals surface area contributed by atoms with Gasteiger partial charge in [-0.25, -0.2) is 4.98 Å². The molecule has 0 bridgehead atoms. The van der Waals surface area contributed by atoms with Crippen molar-refractivity contribution in [2.24, 2.45) is 0 Å². The predicted molar refractivity (Wildman–Crippen MR) is 92.5 cm³/mol. The quantitative estimate of drug-likeness (QED) is 0.273. The third-order valence-corrected chi connectivity index (χ3v) is 9.71. The molecule has 0 saturated heterocycles. The van der Waals surface area contributed by atoms with Crippen molar-refractivity contribution in [1.82, 2.24) is 0 Å². The number of aliphatic hydroxyl groups is 1. The molecule has 1 rings (SSSR count). The molecule has 0 amide bonds. The molecule has 37 heavy (non-hydrogen) atoms. The summed E-state index contributed by atoms with van der Waals surface area (Å²) in [5.41, 5.74) is -27.0. The summed E-state index contributed by atoms with van der Waals surface area (Å²) >= 11 is 0. The summed E-state index contributed by atoms with van der Waals surface area (Å²) in [6, 6.07) is 4.06. The number of aliphatic hydroxyl groups excluding tert-OH is 1. The number of aromatic amines is 1. The Kier molecular flexibility index (Phi) is 8.91. The van der Waals surface area contributed by atoms with Gasteiger partial charge < -0.3 is 4.90 Å². The number of pyridine rings is 1. The summed E-state index contributed by atoms with van der Waals surface area (Å²) in [5.74, 6) is 0. The predicted octanol–water partition coefficient (Wildman–Crippen LogP) is 6.80. The number of H-pyrrole nitrogens is 1. The Morgan fingerprint density at radius 2 is 1.00 bits per heavy atom. The fourth-order valence-electron chi connectivity index (χ4n) is 2.52. The van der Waals surface area contributed by atoms with E-state index in [-0.39, 0.29) is 0 Å². The summed E-state index contributed by atoms with van der Waals surface area (Å²) in [5, 5.41) is 8.05. The van der Waals surface area contributed by atoms with E-state index in [1.165, 1.54) is 5.69 Å². The first kappa shape index (κ1) is 35.1. The van der Waals surface area contributed by atoms with Crippen molar-refractivity contribution in [3.63, 3.8) is 0 Å². The Bertz CT molecular complexity index is 851. The van der Waals surface area contributed by atoms with E-state index < -0.39 is 55.5 Å². The van der Waals surface area contributed by atoms with Crippen LogP contribution in [0.25, 0.3) is 0 Å². The first-order valence-electron chi connectivity index (χ1n) is 8.82. The van der Waals surface area contributed by atoms with Crippen LogP contribution < -0.4 is 9.88 Å². The zero-order valence-electron chi connectivity index (χ0n) is 17.9. The molecule has 0 unspecified atom stereocenters. The molecule has 1 aromatic heterocycles. The molecular weight excluding hydrogens is 594 g/mol. The molecule has 2 N–H and O–H groups in total. The van der Waals surface area contributed by atoms with Crippen LogP contribution in [0.3, 0.4) is 0 Å². The fourth-order valence-corrected chi connectivity index (χ4v) is 6.20. The summed E-state index contributed by atoms with van der Waals surface area (Å²) in [6.45, 7) is -20.1. The van der Waals surface area contributed by atoms with Crippen LogP contribution in [-0.4, -0.2) is 67.9 Å². The zero-order chi connectivity index (χ0) is 30.2. The number of rotatable bonds is 7. The van der Waals surface area contributed by atoms with Crippen LogP contribution in [0.1, 0.15) is 0 Å². The van der Waals surface area contributed by atoms with Gasteiger partial charge >= 0.3 is 139 Å². The summed E-state index contributed by atoms with van der Waals surface area (Å²) in [4.78, 5) is 5.02. The Morgan fingerprint density at radius 1 is 0.703 bits per heavy atom. The first-order chi connectivity index (χ1) is 16.0. The maximum absolute atomic E-state index is 14.6. The van der Waals surface area contributed by atoms with Crippen LogP contribution in [0.2, 0.25) is 0 Å². The molecule has 0 fully saturated rings. The van der Waals surface area contributed by atoms with Crippen LogP contribution >= 0.6 is 6.79 Å². The molecule has 0 aliphatic rings. The van der Waals surface area contributed by atoms with E-state index >= 15 is 0 Å². The van der Waals surface area contributed by atoms with Gasteiger partial charge in [0.1, 0.15) is 0 Å². The van der Waals surface area contributed by atoms with Crippen molar-refractivity contribution in [1.29, 1.82) is 0 Å². The van der Waals surface area contributed by atoms with Crippen LogP contribution in [0.4, 0.5) is 79.9 Å². The van der Waals surface area contributed by atoms with Gasteiger partial charge in [-0.3, -0.25) is 0 Å². The Labute approximate surface area is 194 Å². The van der Waals surface area contributed by atoms with Crippen molar-refractivity contribution in [3.8, 4) is 0 Å². The van der Waals surface area contributed by atoms with Gasteiger partial charge in [0.05, 0.1) is 0 Å². The van der Waals surface area contributed by atoms with Gasteiger partial charge in [-0.2, -0.15) is 0 Å². The summed E-state index contributed by atoms with van der Waals surface area (Å²) in [6.07, 6.45) is -21.8. The van der Waals surface area contributed by atoms with E-state index in [4.69, 9.17) is 5.11 Å². The van der Waals surface area contributed by atoms with E-state index in [0.717, 1.165) is 0 Å². The standard InChI is InChI=1S/C8H5F17O2P.C7H10N2/c9-3(10,11)6(18,19)28(24,25,27-2-1-26,7(20,21)4(12,13)14)8(22,23)5(15,16)17;1-9(2)7-3-5-8-6-4-7/h26H,1-2H2;3-6H,1-2H3/q-1;/p+1. The molecule has 0 atom stereocenters. The average molecular weight is 610 g/mol. The molecule has 0 aliphatic carbocycles. The number of nitrogens with one attached hydrogen (secondary N) is 1. The molecular formula is C15H16F17N2O2P. The molecule has 22 heteroatoms. The molecule has 222 valence electrons. The molecule has 0 saturated carbocycles. The van der Waals surface area contributed by atoms with E-state index in [9.17, 15) is 74.3 Å². The van der Waals surface area contributed by atoms with E-state index in [1.54, 1.807) is 4.52 Å². The molecule has 0 radical (unpaired) electrons. The van der Waals surface area contributed by atoms with Gasteiger partial charge in [0.2, 0.25) is 0 Å². The third kappa shape index (κ3) is 4.43. The first-order valence-corrected chi connectivity index (χ1v) is 11.2. The molecule has 1 aromatic rings. The average Bonchev–Trinajstić information content (AvgIpc) is 2.71. The van der Waals surface area contributed by atoms with Crippen molar-refractivity contribution in [2.75, 3.05) is 32.2 Å². The van der Waals surface area contributed by atoms with E-state index in [1.807, 2.05) is 38.6 Å². The fraction of sp³-hybridized carbons (Fsp3) is 0.667. The topological polar surface area (TPSA) is 46.8 Å². The number of nitrogens with zero attached hydrogens (tertiary/aromatic N) is 1. The Morgan fingerprint density at radius 3 is 1.19 bits per heavy atom. The number of anilines is 1. The second-order valence-electron chi connectivity index (χ2n) is 7.14. The molecule has 1 heterocycles. The van der Waals surface area contributed by atoms with Crippen molar-refractivity contribution >= 4 is 12.5 Å². The molecule has 4 nitrogen and oxygen atoms in total. The third-order valence-electron chi connectivity index (χ3n) is 4.54. The maximum atomic E-state index is 14.6. The normalized spacial score (nSPS) is 16.3. The van der Waals surface area contributed by atoms with E-state index in [0.29, 0.717) is 0 Å². The minimum atomic E-state index is -14.3.